The van der Waals surface area contributed by atoms with Gasteiger partial charge in [0.1, 0.15) is 0 Å². The lowest BCUT2D eigenvalue weighted by molar-refractivity contribution is 0.102. The highest BCUT2D eigenvalue weighted by molar-refractivity contribution is 14.1. The fraction of sp³-hybridized carbons (Fsp3) is 0.0588. The number of amides is 1. The summed E-state index contributed by atoms with van der Waals surface area (Å²) in [6, 6.07) is 14.5. The van der Waals surface area contributed by atoms with E-state index in [9.17, 15) is 4.79 Å². The summed E-state index contributed by atoms with van der Waals surface area (Å²) >= 11 is 14.2. The molecule has 24 heavy (non-hydrogen) atoms. The second-order valence-electron chi connectivity index (χ2n) is 5.07. The molecule has 3 aromatic rings. The van der Waals surface area contributed by atoms with E-state index in [2.05, 4.69) is 33.0 Å². The molecule has 1 N–H and O–H groups in total. The largest absolute Gasteiger partial charge is 0.305 e. The van der Waals surface area contributed by atoms with Crippen LogP contribution in [0.3, 0.4) is 0 Å². The lowest BCUT2D eigenvalue weighted by atomic mass is 10.2. The standard InChI is InChI=1S/C17H12Cl2IN3O/c18-12-6-5-11(14(19)9-12)10-23-8-7-16(22-23)21-17(24)13-3-1-2-4-15(13)20/h1-9H,10H2,(H,21,22,24). The number of nitrogens with zero attached hydrogens (tertiary/aromatic N) is 2. The number of halogens is 3. The molecule has 0 atom stereocenters. The SMILES string of the molecule is O=C(Nc1ccn(Cc2ccc(Cl)cc2Cl)n1)c1ccccc1I. The van der Waals surface area contributed by atoms with E-state index >= 15 is 0 Å². The molecule has 1 heterocycles. The van der Waals surface area contributed by atoms with Gasteiger partial charge in [0.25, 0.3) is 5.91 Å². The van der Waals surface area contributed by atoms with Crippen LogP contribution >= 0.6 is 45.8 Å². The summed E-state index contributed by atoms with van der Waals surface area (Å²) in [7, 11) is 0. The topological polar surface area (TPSA) is 46.9 Å². The van der Waals surface area contributed by atoms with Crippen molar-refractivity contribution in [2.75, 3.05) is 5.32 Å². The predicted octanol–water partition coefficient (Wildman–Crippen LogP) is 5.10. The van der Waals surface area contributed by atoms with Crippen LogP contribution < -0.4 is 5.32 Å². The minimum atomic E-state index is -0.185. The summed E-state index contributed by atoms with van der Waals surface area (Å²) in [5, 5.41) is 8.33. The Morgan fingerprint density at radius 2 is 1.96 bits per heavy atom. The van der Waals surface area contributed by atoms with Crippen molar-refractivity contribution >= 4 is 57.5 Å². The first kappa shape index (κ1) is 17.3. The molecule has 0 saturated carbocycles. The zero-order chi connectivity index (χ0) is 17.1. The quantitative estimate of drug-likeness (QED) is 0.538. The second kappa shape index (κ2) is 7.55. The molecule has 0 fully saturated rings. The van der Waals surface area contributed by atoms with Gasteiger partial charge in [0, 0.05) is 25.9 Å². The molecule has 4 nitrogen and oxygen atoms in total. The van der Waals surface area contributed by atoms with Gasteiger partial charge in [0.05, 0.1) is 12.1 Å². The van der Waals surface area contributed by atoms with E-state index in [1.807, 2.05) is 24.3 Å². The Hall–Kier alpha value is -1.57. The van der Waals surface area contributed by atoms with Gasteiger partial charge in [-0.2, -0.15) is 5.10 Å². The van der Waals surface area contributed by atoms with Crippen molar-refractivity contribution in [2.24, 2.45) is 0 Å². The van der Waals surface area contributed by atoms with Gasteiger partial charge in [-0.15, -0.1) is 0 Å². The van der Waals surface area contributed by atoms with Crippen LogP contribution in [0.5, 0.6) is 0 Å². The molecular formula is C17H12Cl2IN3O. The molecule has 1 amide bonds. The summed E-state index contributed by atoms with van der Waals surface area (Å²) in [5.41, 5.74) is 1.52. The lowest BCUT2D eigenvalue weighted by Crippen LogP contribution is -2.14. The Morgan fingerprint density at radius 3 is 2.71 bits per heavy atom. The number of nitrogens with one attached hydrogen (secondary N) is 1. The predicted molar refractivity (Wildman–Crippen MR) is 105 cm³/mol. The van der Waals surface area contributed by atoms with E-state index in [1.165, 1.54) is 0 Å². The molecule has 0 unspecified atom stereocenters. The number of aromatic nitrogens is 2. The van der Waals surface area contributed by atoms with Crippen LogP contribution in [-0.4, -0.2) is 15.7 Å². The average molecular weight is 472 g/mol. The van der Waals surface area contributed by atoms with Crippen molar-refractivity contribution in [1.82, 2.24) is 9.78 Å². The third-order valence-electron chi connectivity index (χ3n) is 3.35. The Kier molecular flexibility index (Phi) is 5.43. The number of rotatable bonds is 4. The van der Waals surface area contributed by atoms with Gasteiger partial charge >= 0.3 is 0 Å². The number of carbonyl (C=O) groups is 1. The monoisotopic (exact) mass is 471 g/mol. The number of benzene rings is 2. The smallest absolute Gasteiger partial charge is 0.257 e. The van der Waals surface area contributed by atoms with E-state index in [4.69, 9.17) is 23.2 Å². The van der Waals surface area contributed by atoms with E-state index in [0.29, 0.717) is 28.0 Å². The summed E-state index contributed by atoms with van der Waals surface area (Å²) in [6.45, 7) is 0.495. The number of anilines is 1. The van der Waals surface area contributed by atoms with Gasteiger partial charge in [-0.3, -0.25) is 9.48 Å². The van der Waals surface area contributed by atoms with Crippen molar-refractivity contribution in [2.45, 2.75) is 6.54 Å². The molecule has 3 rings (SSSR count). The first-order valence-corrected chi connectivity index (χ1v) is 8.89. The van der Waals surface area contributed by atoms with E-state index in [1.54, 1.807) is 35.1 Å². The van der Waals surface area contributed by atoms with E-state index in [0.717, 1.165) is 9.13 Å². The Labute approximate surface area is 162 Å². The second-order valence-corrected chi connectivity index (χ2v) is 7.07. The lowest BCUT2D eigenvalue weighted by Gasteiger charge is -2.06. The van der Waals surface area contributed by atoms with Crippen molar-refractivity contribution in [1.29, 1.82) is 0 Å². The fourth-order valence-electron chi connectivity index (χ4n) is 2.17. The maximum atomic E-state index is 12.3. The van der Waals surface area contributed by atoms with Gasteiger partial charge in [0.15, 0.2) is 5.82 Å². The molecule has 1 aromatic heterocycles. The molecule has 0 saturated heterocycles. The van der Waals surface area contributed by atoms with Crippen molar-refractivity contribution in [3.8, 4) is 0 Å². The van der Waals surface area contributed by atoms with Crippen LogP contribution in [0.2, 0.25) is 10.0 Å². The fourth-order valence-corrected chi connectivity index (χ4v) is 3.27. The Morgan fingerprint density at radius 1 is 1.17 bits per heavy atom. The molecule has 7 heteroatoms. The summed E-state index contributed by atoms with van der Waals surface area (Å²) in [5.74, 6) is 0.305. The molecule has 0 aliphatic rings. The molecular weight excluding hydrogens is 460 g/mol. The van der Waals surface area contributed by atoms with Gasteiger partial charge in [-0.25, -0.2) is 0 Å². The Balaban J connectivity index is 1.72. The zero-order valence-electron chi connectivity index (χ0n) is 12.3. The summed E-state index contributed by atoms with van der Waals surface area (Å²) in [6.07, 6.45) is 1.79. The number of hydrogen-bond donors (Lipinski definition) is 1. The minimum absolute atomic E-state index is 0.185. The van der Waals surface area contributed by atoms with Crippen LogP contribution in [-0.2, 0) is 6.54 Å². The highest BCUT2D eigenvalue weighted by Gasteiger charge is 2.11. The van der Waals surface area contributed by atoms with Crippen molar-refractivity contribution < 1.29 is 4.79 Å². The molecule has 0 radical (unpaired) electrons. The summed E-state index contributed by atoms with van der Waals surface area (Å²) < 4.78 is 2.60. The zero-order valence-corrected chi connectivity index (χ0v) is 16.0. The van der Waals surface area contributed by atoms with Crippen LogP contribution in [0.25, 0.3) is 0 Å². The number of carbonyl (C=O) groups excluding carboxylic acids is 1. The average Bonchev–Trinajstić information content (AvgIpc) is 2.97. The maximum absolute atomic E-state index is 12.3. The highest BCUT2D eigenvalue weighted by atomic mass is 127. The maximum Gasteiger partial charge on any atom is 0.257 e. The van der Waals surface area contributed by atoms with Crippen LogP contribution in [0.15, 0.2) is 54.7 Å². The van der Waals surface area contributed by atoms with Gasteiger partial charge in [-0.05, 0) is 52.4 Å². The summed E-state index contributed by atoms with van der Waals surface area (Å²) in [4.78, 5) is 12.3. The van der Waals surface area contributed by atoms with Gasteiger partial charge < -0.3 is 5.32 Å². The van der Waals surface area contributed by atoms with Crippen molar-refractivity contribution in [3.63, 3.8) is 0 Å². The molecule has 0 aliphatic heterocycles. The first-order valence-electron chi connectivity index (χ1n) is 7.06. The molecule has 0 bridgehead atoms. The third-order valence-corrected chi connectivity index (χ3v) is 4.88. The normalized spacial score (nSPS) is 10.6. The van der Waals surface area contributed by atoms with Crippen LogP contribution in [0.4, 0.5) is 5.82 Å². The first-order chi connectivity index (χ1) is 11.5. The number of hydrogen-bond acceptors (Lipinski definition) is 2. The molecule has 0 aliphatic carbocycles. The highest BCUT2D eigenvalue weighted by Crippen LogP contribution is 2.22. The third kappa shape index (κ3) is 4.09. The van der Waals surface area contributed by atoms with E-state index in [-0.39, 0.29) is 5.91 Å². The van der Waals surface area contributed by atoms with Crippen LogP contribution in [0.1, 0.15) is 15.9 Å². The molecule has 2 aromatic carbocycles. The van der Waals surface area contributed by atoms with Gasteiger partial charge in [-0.1, -0.05) is 41.4 Å². The van der Waals surface area contributed by atoms with Crippen LogP contribution in [0, 0.1) is 3.57 Å². The van der Waals surface area contributed by atoms with Crippen molar-refractivity contribution in [3.05, 3.63) is 79.5 Å². The minimum Gasteiger partial charge on any atom is -0.305 e. The van der Waals surface area contributed by atoms with Gasteiger partial charge in [0.2, 0.25) is 0 Å². The molecule has 0 spiro atoms. The molecule has 122 valence electrons. The van der Waals surface area contributed by atoms with E-state index < -0.39 is 0 Å². The Bertz CT molecular complexity index is 895.